The second-order valence-corrected chi connectivity index (χ2v) is 7.15. The number of benzene rings is 1. The zero-order valence-corrected chi connectivity index (χ0v) is 13.3. The zero-order valence-electron chi connectivity index (χ0n) is 12.5. The summed E-state index contributed by atoms with van der Waals surface area (Å²) in [7, 11) is 0. The maximum atomic E-state index is 12.3. The standard InChI is InChI=1S/C17H18N2O2S/c1-17-10-9-15(20)19(17)14(12-22-17)16(21)18-11-5-8-13-6-3-2-4-7-13/h2-4,6-7,14H,9-12H2,1H3,(H,18,21). The van der Waals surface area contributed by atoms with Crippen molar-refractivity contribution in [3.8, 4) is 11.8 Å². The molecule has 2 aliphatic rings. The summed E-state index contributed by atoms with van der Waals surface area (Å²) in [5, 5.41) is 2.83. The lowest BCUT2D eigenvalue weighted by molar-refractivity contribution is -0.137. The zero-order chi connectivity index (χ0) is 15.6. The van der Waals surface area contributed by atoms with Crippen molar-refractivity contribution < 1.29 is 9.59 Å². The molecule has 1 aromatic rings. The molecule has 2 unspecified atom stereocenters. The second-order valence-electron chi connectivity index (χ2n) is 5.65. The van der Waals surface area contributed by atoms with Crippen LogP contribution in [0.2, 0.25) is 0 Å². The minimum absolute atomic E-state index is 0.0861. The van der Waals surface area contributed by atoms with E-state index in [4.69, 9.17) is 0 Å². The Kier molecular flexibility index (Phi) is 4.12. The Balaban J connectivity index is 1.57. The van der Waals surface area contributed by atoms with Crippen molar-refractivity contribution in [2.45, 2.75) is 30.7 Å². The van der Waals surface area contributed by atoms with Gasteiger partial charge in [0.05, 0.1) is 11.4 Å². The maximum absolute atomic E-state index is 12.3. The van der Waals surface area contributed by atoms with Gasteiger partial charge < -0.3 is 10.2 Å². The molecule has 0 radical (unpaired) electrons. The Labute approximate surface area is 134 Å². The fourth-order valence-electron chi connectivity index (χ4n) is 2.93. The SMILES string of the molecule is CC12CCC(=O)N1C(C(=O)NCC#Cc1ccccc1)CS2. The number of amides is 2. The minimum atomic E-state index is -0.358. The lowest BCUT2D eigenvalue weighted by atomic mass is 10.2. The smallest absolute Gasteiger partial charge is 0.244 e. The summed E-state index contributed by atoms with van der Waals surface area (Å²) in [6, 6.07) is 9.29. The van der Waals surface area contributed by atoms with E-state index in [-0.39, 0.29) is 22.7 Å². The van der Waals surface area contributed by atoms with Crippen LogP contribution in [-0.4, -0.2) is 39.9 Å². The molecule has 0 aliphatic carbocycles. The summed E-state index contributed by atoms with van der Waals surface area (Å²) >= 11 is 1.70. The van der Waals surface area contributed by atoms with E-state index in [0.29, 0.717) is 18.7 Å². The number of nitrogens with one attached hydrogen (secondary N) is 1. The molecule has 114 valence electrons. The lowest BCUT2D eigenvalue weighted by Gasteiger charge is -2.29. The average molecular weight is 314 g/mol. The van der Waals surface area contributed by atoms with Gasteiger partial charge in [-0.15, -0.1) is 11.8 Å². The quantitative estimate of drug-likeness (QED) is 0.844. The summed E-state index contributed by atoms with van der Waals surface area (Å²) in [5.41, 5.74) is 0.926. The number of hydrogen-bond acceptors (Lipinski definition) is 3. The van der Waals surface area contributed by atoms with Gasteiger partial charge in [-0.2, -0.15) is 0 Å². The van der Waals surface area contributed by atoms with Gasteiger partial charge in [0, 0.05) is 17.7 Å². The van der Waals surface area contributed by atoms with Gasteiger partial charge in [-0.1, -0.05) is 30.0 Å². The van der Waals surface area contributed by atoms with Gasteiger partial charge in [0.2, 0.25) is 11.8 Å². The number of hydrogen-bond donors (Lipinski definition) is 1. The first-order valence-corrected chi connectivity index (χ1v) is 8.36. The monoisotopic (exact) mass is 314 g/mol. The Morgan fingerprint density at radius 1 is 1.45 bits per heavy atom. The molecule has 2 heterocycles. The maximum Gasteiger partial charge on any atom is 0.244 e. The first-order valence-electron chi connectivity index (χ1n) is 7.38. The Morgan fingerprint density at radius 3 is 3.00 bits per heavy atom. The van der Waals surface area contributed by atoms with Crippen molar-refractivity contribution >= 4 is 23.6 Å². The highest BCUT2D eigenvalue weighted by Crippen LogP contribution is 2.47. The van der Waals surface area contributed by atoms with Crippen molar-refractivity contribution in [1.29, 1.82) is 0 Å². The summed E-state index contributed by atoms with van der Waals surface area (Å²) in [5.74, 6) is 6.60. The fraction of sp³-hybridized carbons (Fsp3) is 0.412. The van der Waals surface area contributed by atoms with Gasteiger partial charge in [-0.3, -0.25) is 9.59 Å². The van der Waals surface area contributed by atoms with Crippen molar-refractivity contribution in [2.24, 2.45) is 0 Å². The topological polar surface area (TPSA) is 49.4 Å². The molecule has 22 heavy (non-hydrogen) atoms. The summed E-state index contributed by atoms with van der Waals surface area (Å²) in [6.07, 6.45) is 1.37. The molecule has 2 amide bonds. The molecule has 0 aromatic heterocycles. The Hall–Kier alpha value is -1.93. The number of fused-ring (bicyclic) bond motifs is 1. The molecular weight excluding hydrogens is 296 g/mol. The van der Waals surface area contributed by atoms with Gasteiger partial charge in [0.25, 0.3) is 0 Å². The highest BCUT2D eigenvalue weighted by Gasteiger charge is 2.52. The molecule has 1 N–H and O–H groups in total. The van der Waals surface area contributed by atoms with Crippen molar-refractivity contribution in [1.82, 2.24) is 10.2 Å². The molecule has 2 fully saturated rings. The molecule has 1 aromatic carbocycles. The van der Waals surface area contributed by atoms with Crippen LogP contribution >= 0.6 is 11.8 Å². The molecule has 2 saturated heterocycles. The fourth-order valence-corrected chi connectivity index (χ4v) is 4.36. The third kappa shape index (κ3) is 2.84. The van der Waals surface area contributed by atoms with E-state index in [1.54, 1.807) is 16.7 Å². The van der Waals surface area contributed by atoms with Crippen LogP contribution in [-0.2, 0) is 9.59 Å². The van der Waals surface area contributed by atoms with Gasteiger partial charge >= 0.3 is 0 Å². The van der Waals surface area contributed by atoms with Crippen LogP contribution in [0.1, 0.15) is 25.3 Å². The second kappa shape index (κ2) is 6.05. The molecule has 0 saturated carbocycles. The van der Waals surface area contributed by atoms with Crippen molar-refractivity contribution in [3.05, 3.63) is 35.9 Å². The summed E-state index contributed by atoms with van der Waals surface area (Å²) in [6.45, 7) is 2.35. The summed E-state index contributed by atoms with van der Waals surface area (Å²) in [4.78, 5) is 25.9. The number of nitrogens with zero attached hydrogens (tertiary/aromatic N) is 1. The van der Waals surface area contributed by atoms with E-state index in [0.717, 1.165) is 12.0 Å². The Bertz CT molecular complexity index is 650. The van der Waals surface area contributed by atoms with Crippen molar-refractivity contribution in [2.75, 3.05) is 12.3 Å². The third-order valence-electron chi connectivity index (χ3n) is 4.11. The van der Waals surface area contributed by atoms with E-state index < -0.39 is 0 Å². The molecule has 0 bridgehead atoms. The van der Waals surface area contributed by atoms with Crippen LogP contribution in [0, 0.1) is 11.8 Å². The van der Waals surface area contributed by atoms with Crippen LogP contribution in [0.4, 0.5) is 0 Å². The Morgan fingerprint density at radius 2 is 2.23 bits per heavy atom. The van der Waals surface area contributed by atoms with E-state index in [2.05, 4.69) is 17.2 Å². The van der Waals surface area contributed by atoms with Crippen LogP contribution in [0.5, 0.6) is 0 Å². The van der Waals surface area contributed by atoms with Crippen LogP contribution < -0.4 is 5.32 Å². The van der Waals surface area contributed by atoms with Crippen LogP contribution in [0.3, 0.4) is 0 Å². The molecule has 4 nitrogen and oxygen atoms in total. The molecule has 2 aliphatic heterocycles. The first kappa shape index (κ1) is 15.0. The largest absolute Gasteiger partial charge is 0.343 e. The number of carbonyl (C=O) groups is 2. The number of thioether (sulfide) groups is 1. The lowest BCUT2D eigenvalue weighted by Crippen LogP contribution is -2.50. The van der Waals surface area contributed by atoms with Gasteiger partial charge in [-0.25, -0.2) is 0 Å². The first-order chi connectivity index (χ1) is 10.6. The van der Waals surface area contributed by atoms with E-state index in [9.17, 15) is 9.59 Å². The molecular formula is C17H18N2O2S. The van der Waals surface area contributed by atoms with Gasteiger partial charge in [0.1, 0.15) is 6.04 Å². The highest BCUT2D eigenvalue weighted by molar-refractivity contribution is 8.01. The minimum Gasteiger partial charge on any atom is -0.343 e. The van der Waals surface area contributed by atoms with Gasteiger partial charge in [0.15, 0.2) is 0 Å². The number of carbonyl (C=O) groups excluding carboxylic acids is 2. The van der Waals surface area contributed by atoms with E-state index >= 15 is 0 Å². The van der Waals surface area contributed by atoms with E-state index in [1.807, 2.05) is 37.3 Å². The average Bonchev–Trinajstić information content (AvgIpc) is 3.01. The molecule has 5 heteroatoms. The molecule has 3 rings (SSSR count). The van der Waals surface area contributed by atoms with Crippen LogP contribution in [0.25, 0.3) is 0 Å². The highest BCUT2D eigenvalue weighted by atomic mass is 32.2. The predicted octanol–water partition coefficient (Wildman–Crippen LogP) is 1.61. The summed E-state index contributed by atoms with van der Waals surface area (Å²) < 4.78 is 0. The van der Waals surface area contributed by atoms with E-state index in [1.165, 1.54) is 0 Å². The third-order valence-corrected chi connectivity index (χ3v) is 5.61. The van der Waals surface area contributed by atoms with Crippen LogP contribution in [0.15, 0.2) is 30.3 Å². The van der Waals surface area contributed by atoms with Gasteiger partial charge in [-0.05, 0) is 25.5 Å². The molecule has 0 spiro atoms. The van der Waals surface area contributed by atoms with Crippen molar-refractivity contribution in [3.63, 3.8) is 0 Å². The normalized spacial score (nSPS) is 26.3. The predicted molar refractivity (Wildman–Crippen MR) is 87.1 cm³/mol. The number of rotatable bonds is 2. The molecule has 2 atom stereocenters.